The summed E-state index contributed by atoms with van der Waals surface area (Å²) in [6.07, 6.45) is 46.1. The summed E-state index contributed by atoms with van der Waals surface area (Å²) in [5.41, 5.74) is 0. The number of unbranched alkanes of at least 4 members (excludes halogenated alkanes) is 16. The SMILES string of the molecule is CCCCC/C=C\C/C=C\CCCCCCCC(=O)OCCN(CCCC)CCOC(=O)CCCCCCC/C=C\C/C=C\CCCCI. The van der Waals surface area contributed by atoms with E-state index in [1.807, 2.05) is 0 Å². The molecule has 284 valence electrons. The maximum atomic E-state index is 12.2. The van der Waals surface area contributed by atoms with Crippen LogP contribution in [-0.2, 0) is 19.1 Å². The van der Waals surface area contributed by atoms with Gasteiger partial charge in [-0.25, -0.2) is 0 Å². The Kier molecular flexibility index (Phi) is 39.8. The molecule has 0 heterocycles. The van der Waals surface area contributed by atoms with Crippen LogP contribution in [0.25, 0.3) is 0 Å². The Morgan fingerprint density at radius 1 is 0.469 bits per heavy atom. The van der Waals surface area contributed by atoms with Gasteiger partial charge >= 0.3 is 11.9 Å². The molecular weight excluding hydrogens is 721 g/mol. The second-order valence-corrected chi connectivity index (χ2v) is 14.4. The Bertz CT molecular complexity index is 774. The van der Waals surface area contributed by atoms with Crippen LogP contribution < -0.4 is 0 Å². The summed E-state index contributed by atoms with van der Waals surface area (Å²) in [7, 11) is 0. The van der Waals surface area contributed by atoms with Crippen LogP contribution in [0.3, 0.4) is 0 Å². The topological polar surface area (TPSA) is 55.8 Å². The van der Waals surface area contributed by atoms with Crippen molar-refractivity contribution in [3.63, 3.8) is 0 Å². The quantitative estimate of drug-likeness (QED) is 0.0206. The van der Waals surface area contributed by atoms with Crippen LogP contribution in [0.2, 0.25) is 0 Å². The Labute approximate surface area is 317 Å². The van der Waals surface area contributed by atoms with E-state index < -0.39 is 0 Å². The highest BCUT2D eigenvalue weighted by Crippen LogP contribution is 2.10. The molecule has 0 aromatic rings. The van der Waals surface area contributed by atoms with E-state index in [4.69, 9.17) is 9.47 Å². The molecule has 0 aromatic heterocycles. The van der Waals surface area contributed by atoms with Gasteiger partial charge in [-0.2, -0.15) is 0 Å². The minimum Gasteiger partial charge on any atom is -0.464 e. The van der Waals surface area contributed by atoms with Crippen molar-refractivity contribution in [1.82, 2.24) is 4.90 Å². The zero-order valence-corrected chi connectivity index (χ0v) is 34.2. The molecule has 49 heavy (non-hydrogen) atoms. The molecule has 0 aliphatic rings. The second kappa shape index (κ2) is 41.0. The Morgan fingerprint density at radius 2 is 0.857 bits per heavy atom. The number of halogens is 1. The van der Waals surface area contributed by atoms with Crippen molar-refractivity contribution in [2.75, 3.05) is 37.3 Å². The van der Waals surface area contributed by atoms with Gasteiger partial charge in [-0.15, -0.1) is 0 Å². The lowest BCUT2D eigenvalue weighted by atomic mass is 10.1. The first-order chi connectivity index (χ1) is 24.1. The van der Waals surface area contributed by atoms with E-state index >= 15 is 0 Å². The minimum absolute atomic E-state index is 0.0928. The predicted octanol–water partition coefficient (Wildman–Crippen LogP) is 12.8. The average Bonchev–Trinajstić information content (AvgIpc) is 3.10. The molecule has 0 aromatic carbocycles. The van der Waals surface area contributed by atoms with Gasteiger partial charge in [0.1, 0.15) is 13.2 Å². The number of allylic oxidation sites excluding steroid dienone is 8. The van der Waals surface area contributed by atoms with Crippen molar-refractivity contribution in [2.24, 2.45) is 0 Å². The van der Waals surface area contributed by atoms with Gasteiger partial charge in [0.2, 0.25) is 0 Å². The number of hydrogen-bond donors (Lipinski definition) is 0. The van der Waals surface area contributed by atoms with E-state index in [0.717, 1.165) is 70.8 Å². The zero-order chi connectivity index (χ0) is 35.7. The molecule has 0 unspecified atom stereocenters. The monoisotopic (exact) mass is 797 g/mol. The maximum Gasteiger partial charge on any atom is 0.305 e. The molecule has 0 spiro atoms. The standard InChI is InChI=1S/C43H76INO4/c1-3-5-7-8-9-10-11-12-13-16-19-22-25-28-31-34-42(46)48-40-38-45(37-6-4-2)39-41-49-43(47)35-32-29-26-23-20-17-14-15-18-21-24-27-30-33-36-44/h9-10,12-15,21,24H,3-8,11,16-20,22-23,25-41H2,1-2H3/b10-9-,13-12-,15-14-,24-21-. The van der Waals surface area contributed by atoms with Gasteiger partial charge < -0.3 is 9.47 Å². The Hall–Kier alpha value is -1.41. The van der Waals surface area contributed by atoms with E-state index in [1.165, 1.54) is 87.9 Å². The number of carbonyl (C=O) groups is 2. The molecule has 0 N–H and O–H groups in total. The number of ether oxygens (including phenoxy) is 2. The first-order valence-electron chi connectivity index (χ1n) is 20.3. The van der Waals surface area contributed by atoms with Crippen LogP contribution in [0.5, 0.6) is 0 Å². The zero-order valence-electron chi connectivity index (χ0n) is 32.0. The van der Waals surface area contributed by atoms with Crippen molar-refractivity contribution in [1.29, 1.82) is 0 Å². The second-order valence-electron chi connectivity index (χ2n) is 13.3. The summed E-state index contributed by atoms with van der Waals surface area (Å²) in [6, 6.07) is 0. The number of esters is 2. The normalized spacial score (nSPS) is 12.1. The summed E-state index contributed by atoms with van der Waals surface area (Å²) in [4.78, 5) is 26.7. The molecule has 5 nitrogen and oxygen atoms in total. The van der Waals surface area contributed by atoms with Gasteiger partial charge in [-0.3, -0.25) is 14.5 Å². The largest absolute Gasteiger partial charge is 0.464 e. The number of carbonyl (C=O) groups excluding carboxylic acids is 2. The third-order valence-corrected chi connectivity index (χ3v) is 9.37. The summed E-state index contributed by atoms with van der Waals surface area (Å²) < 4.78 is 12.3. The summed E-state index contributed by atoms with van der Waals surface area (Å²) in [6.45, 7) is 7.54. The molecule has 0 saturated heterocycles. The molecule has 0 fully saturated rings. The van der Waals surface area contributed by atoms with Gasteiger partial charge in [0.25, 0.3) is 0 Å². The fourth-order valence-corrected chi connectivity index (χ4v) is 5.98. The van der Waals surface area contributed by atoms with E-state index in [2.05, 4.69) is 89.9 Å². The van der Waals surface area contributed by atoms with Crippen molar-refractivity contribution >= 4 is 34.5 Å². The molecule has 6 heteroatoms. The van der Waals surface area contributed by atoms with E-state index in [0.29, 0.717) is 39.1 Å². The van der Waals surface area contributed by atoms with Crippen molar-refractivity contribution in [3.05, 3.63) is 48.6 Å². The van der Waals surface area contributed by atoms with Gasteiger partial charge in [0.15, 0.2) is 0 Å². The minimum atomic E-state index is -0.0930. The predicted molar refractivity (Wildman–Crippen MR) is 221 cm³/mol. The molecule has 0 atom stereocenters. The van der Waals surface area contributed by atoms with Crippen LogP contribution in [0.1, 0.15) is 174 Å². The smallest absolute Gasteiger partial charge is 0.305 e. The molecular formula is C43H76INO4. The highest BCUT2D eigenvalue weighted by atomic mass is 127. The molecule has 0 radical (unpaired) electrons. The molecule has 0 bridgehead atoms. The lowest BCUT2D eigenvalue weighted by Gasteiger charge is -2.21. The third kappa shape index (κ3) is 39.2. The summed E-state index contributed by atoms with van der Waals surface area (Å²) in [5.74, 6) is -0.186. The van der Waals surface area contributed by atoms with Crippen LogP contribution in [0.4, 0.5) is 0 Å². The number of hydrogen-bond acceptors (Lipinski definition) is 5. The van der Waals surface area contributed by atoms with Crippen LogP contribution in [-0.4, -0.2) is 54.1 Å². The number of rotatable bonds is 37. The van der Waals surface area contributed by atoms with Crippen LogP contribution in [0, 0.1) is 0 Å². The van der Waals surface area contributed by atoms with Gasteiger partial charge in [-0.05, 0) is 101 Å². The summed E-state index contributed by atoms with van der Waals surface area (Å²) in [5, 5.41) is 0. The molecule has 0 amide bonds. The van der Waals surface area contributed by atoms with Gasteiger partial charge in [0, 0.05) is 25.9 Å². The van der Waals surface area contributed by atoms with Crippen molar-refractivity contribution in [2.45, 2.75) is 174 Å². The number of nitrogens with zero attached hydrogens (tertiary/aromatic N) is 1. The number of alkyl halides is 1. The van der Waals surface area contributed by atoms with E-state index in [1.54, 1.807) is 0 Å². The fourth-order valence-electron chi connectivity index (χ4n) is 5.44. The molecule has 0 saturated carbocycles. The average molecular weight is 798 g/mol. The van der Waals surface area contributed by atoms with Gasteiger partial charge in [-0.1, -0.05) is 143 Å². The van der Waals surface area contributed by atoms with E-state index in [-0.39, 0.29) is 11.9 Å². The highest BCUT2D eigenvalue weighted by molar-refractivity contribution is 14.1. The van der Waals surface area contributed by atoms with E-state index in [9.17, 15) is 9.59 Å². The first kappa shape index (κ1) is 47.6. The lowest BCUT2D eigenvalue weighted by Crippen LogP contribution is -2.33. The van der Waals surface area contributed by atoms with Crippen molar-refractivity contribution in [3.8, 4) is 0 Å². The van der Waals surface area contributed by atoms with Crippen LogP contribution >= 0.6 is 22.6 Å². The Morgan fingerprint density at radius 3 is 1.29 bits per heavy atom. The fraction of sp³-hybridized carbons (Fsp3) is 0.767. The highest BCUT2D eigenvalue weighted by Gasteiger charge is 2.09. The van der Waals surface area contributed by atoms with Crippen LogP contribution in [0.15, 0.2) is 48.6 Å². The summed E-state index contributed by atoms with van der Waals surface area (Å²) >= 11 is 2.44. The third-order valence-electron chi connectivity index (χ3n) is 8.61. The van der Waals surface area contributed by atoms with Gasteiger partial charge in [0.05, 0.1) is 0 Å². The molecule has 0 aliphatic carbocycles. The first-order valence-corrected chi connectivity index (χ1v) is 21.9. The lowest BCUT2D eigenvalue weighted by molar-refractivity contribution is -0.144. The molecule has 0 aliphatic heterocycles. The maximum absolute atomic E-state index is 12.2. The molecule has 0 rings (SSSR count). The van der Waals surface area contributed by atoms with Crippen molar-refractivity contribution < 1.29 is 19.1 Å². The Balaban J connectivity index is 3.77.